The van der Waals surface area contributed by atoms with Gasteiger partial charge in [0.25, 0.3) is 0 Å². The highest BCUT2D eigenvalue weighted by Gasteiger charge is 2.11. The van der Waals surface area contributed by atoms with E-state index in [4.69, 9.17) is 0 Å². The first-order valence-electron chi connectivity index (χ1n) is 6.83. The quantitative estimate of drug-likeness (QED) is 0.725. The van der Waals surface area contributed by atoms with Crippen molar-refractivity contribution in [2.24, 2.45) is 0 Å². The van der Waals surface area contributed by atoms with Crippen LogP contribution in [0.3, 0.4) is 0 Å². The van der Waals surface area contributed by atoms with Crippen LogP contribution in [0.15, 0.2) is 51.4 Å². The van der Waals surface area contributed by atoms with Gasteiger partial charge >= 0.3 is 0 Å². The van der Waals surface area contributed by atoms with Crippen molar-refractivity contribution in [3.63, 3.8) is 0 Å². The van der Waals surface area contributed by atoms with Crippen LogP contribution in [0, 0.1) is 0 Å². The smallest absolute Gasteiger partial charge is 0.0359 e. The van der Waals surface area contributed by atoms with Crippen molar-refractivity contribution in [3.8, 4) is 0 Å². The summed E-state index contributed by atoms with van der Waals surface area (Å²) in [6.07, 6.45) is 2.08. The zero-order chi connectivity index (χ0) is 14.5. The first kappa shape index (κ1) is 15.7. The third kappa shape index (κ3) is 4.18. The fourth-order valence-corrected chi connectivity index (χ4v) is 3.64. The first-order valence-corrected chi connectivity index (χ1v) is 8.42. The molecule has 0 radical (unpaired) electrons. The minimum Gasteiger partial charge on any atom is -0.313 e. The molecule has 0 aliphatic carbocycles. The van der Waals surface area contributed by atoms with Crippen LogP contribution in [-0.2, 0) is 12.8 Å². The lowest BCUT2D eigenvalue weighted by Crippen LogP contribution is -2.18. The molecule has 0 bridgehead atoms. The van der Waals surface area contributed by atoms with Crippen molar-refractivity contribution in [1.82, 2.24) is 5.32 Å². The Kier molecular flexibility index (Phi) is 5.82. The third-order valence-electron chi connectivity index (χ3n) is 3.51. The van der Waals surface area contributed by atoms with Crippen LogP contribution in [-0.4, -0.2) is 7.05 Å². The van der Waals surface area contributed by atoms with E-state index in [2.05, 4.69) is 86.6 Å². The van der Waals surface area contributed by atoms with Gasteiger partial charge in [0.15, 0.2) is 0 Å². The molecule has 2 rings (SSSR count). The average Bonchev–Trinajstić information content (AvgIpc) is 2.44. The molecule has 1 nitrogen and oxygen atoms in total. The van der Waals surface area contributed by atoms with Gasteiger partial charge in [-0.25, -0.2) is 0 Å². The Labute approximate surface area is 138 Å². The molecule has 0 aromatic heterocycles. The van der Waals surface area contributed by atoms with Gasteiger partial charge in [0.2, 0.25) is 0 Å². The predicted molar refractivity (Wildman–Crippen MR) is 93.2 cm³/mol. The van der Waals surface area contributed by atoms with E-state index in [1.165, 1.54) is 16.7 Å². The molecule has 20 heavy (non-hydrogen) atoms. The summed E-state index contributed by atoms with van der Waals surface area (Å²) in [6, 6.07) is 15.6. The number of likely N-dealkylation sites (N-methyl/N-ethyl adjacent to an activating group) is 1. The zero-order valence-electron chi connectivity index (χ0n) is 11.8. The van der Waals surface area contributed by atoms with Gasteiger partial charge in [-0.05, 0) is 54.8 Å². The lowest BCUT2D eigenvalue weighted by molar-refractivity contribution is 0.591. The topological polar surface area (TPSA) is 12.0 Å². The van der Waals surface area contributed by atoms with Crippen LogP contribution >= 0.6 is 31.9 Å². The van der Waals surface area contributed by atoms with E-state index >= 15 is 0 Å². The van der Waals surface area contributed by atoms with Crippen LogP contribution < -0.4 is 5.32 Å². The molecule has 0 spiro atoms. The summed E-state index contributed by atoms with van der Waals surface area (Å²) in [5.74, 6) is 0. The molecule has 0 amide bonds. The van der Waals surface area contributed by atoms with Crippen molar-refractivity contribution in [3.05, 3.63) is 68.1 Å². The molecule has 0 heterocycles. The Morgan fingerprint density at radius 2 is 1.50 bits per heavy atom. The predicted octanol–water partition coefficient (Wildman–Crippen LogP) is 5.28. The van der Waals surface area contributed by atoms with Crippen LogP contribution in [0.1, 0.15) is 29.7 Å². The monoisotopic (exact) mass is 395 g/mol. The van der Waals surface area contributed by atoms with Crippen molar-refractivity contribution in [2.75, 3.05) is 7.05 Å². The summed E-state index contributed by atoms with van der Waals surface area (Å²) in [7, 11) is 2.01. The maximum Gasteiger partial charge on any atom is 0.0359 e. The van der Waals surface area contributed by atoms with Gasteiger partial charge in [0.1, 0.15) is 0 Å². The molecular formula is C17H19Br2N. The number of aryl methyl sites for hydroxylation is 1. The van der Waals surface area contributed by atoms with Crippen LogP contribution in [0.25, 0.3) is 0 Å². The molecular weight excluding hydrogens is 378 g/mol. The highest BCUT2D eigenvalue weighted by molar-refractivity contribution is 9.11. The summed E-state index contributed by atoms with van der Waals surface area (Å²) in [5, 5.41) is 3.41. The van der Waals surface area contributed by atoms with Gasteiger partial charge < -0.3 is 5.32 Å². The molecule has 0 saturated heterocycles. The lowest BCUT2D eigenvalue weighted by Gasteiger charge is -2.18. The van der Waals surface area contributed by atoms with Crippen molar-refractivity contribution in [1.29, 1.82) is 0 Å². The summed E-state index contributed by atoms with van der Waals surface area (Å²) in [5.41, 5.74) is 4.03. The number of rotatable bonds is 5. The van der Waals surface area contributed by atoms with Gasteiger partial charge in [-0.3, -0.25) is 0 Å². The molecule has 1 unspecified atom stereocenters. The highest BCUT2D eigenvalue weighted by Crippen LogP contribution is 2.26. The molecule has 0 aliphatic heterocycles. The number of halogens is 2. The van der Waals surface area contributed by atoms with Crippen LogP contribution in [0.4, 0.5) is 0 Å². The lowest BCUT2D eigenvalue weighted by atomic mass is 9.98. The summed E-state index contributed by atoms with van der Waals surface area (Å²) < 4.78 is 2.20. The molecule has 0 fully saturated rings. The van der Waals surface area contributed by atoms with Gasteiger partial charge in [-0.1, -0.05) is 63.0 Å². The van der Waals surface area contributed by atoms with Gasteiger partial charge in [0, 0.05) is 15.0 Å². The Balaban J connectivity index is 2.19. The van der Waals surface area contributed by atoms with Crippen LogP contribution in [0.2, 0.25) is 0 Å². The Morgan fingerprint density at radius 3 is 2.00 bits per heavy atom. The number of hydrogen-bond acceptors (Lipinski definition) is 1. The normalized spacial score (nSPS) is 12.4. The largest absolute Gasteiger partial charge is 0.313 e. The maximum absolute atomic E-state index is 3.56. The molecule has 106 valence electrons. The van der Waals surface area contributed by atoms with Crippen molar-refractivity contribution >= 4 is 31.9 Å². The van der Waals surface area contributed by atoms with E-state index in [0.717, 1.165) is 21.8 Å². The Bertz CT molecular complexity index is 543. The van der Waals surface area contributed by atoms with E-state index in [0.29, 0.717) is 6.04 Å². The third-order valence-corrected chi connectivity index (χ3v) is 4.42. The van der Waals surface area contributed by atoms with E-state index in [-0.39, 0.29) is 0 Å². The minimum atomic E-state index is 0.316. The van der Waals surface area contributed by atoms with Crippen molar-refractivity contribution < 1.29 is 0 Å². The standard InChI is InChI=1S/C17H19Br2N/c1-3-12-4-6-13(7-5-12)8-17(20-2)14-9-15(18)11-16(19)10-14/h4-7,9-11,17,20H,3,8H2,1-2H3. The van der Waals surface area contributed by atoms with Gasteiger partial charge in [0.05, 0.1) is 0 Å². The molecule has 1 N–H and O–H groups in total. The second kappa shape index (κ2) is 7.39. The maximum atomic E-state index is 3.56. The van der Waals surface area contributed by atoms with E-state index in [1.54, 1.807) is 0 Å². The molecule has 1 atom stereocenters. The fourth-order valence-electron chi connectivity index (χ4n) is 2.31. The van der Waals surface area contributed by atoms with E-state index < -0.39 is 0 Å². The average molecular weight is 397 g/mol. The molecule has 2 aromatic rings. The molecule has 2 aromatic carbocycles. The summed E-state index contributed by atoms with van der Waals surface area (Å²) in [6.45, 7) is 2.18. The minimum absolute atomic E-state index is 0.316. The van der Waals surface area contributed by atoms with Crippen LogP contribution in [0.5, 0.6) is 0 Å². The first-order chi connectivity index (χ1) is 9.62. The SMILES string of the molecule is CCc1ccc(CC(NC)c2cc(Br)cc(Br)c2)cc1. The van der Waals surface area contributed by atoms with E-state index in [9.17, 15) is 0 Å². The fraction of sp³-hybridized carbons (Fsp3) is 0.294. The van der Waals surface area contributed by atoms with Crippen molar-refractivity contribution in [2.45, 2.75) is 25.8 Å². The second-order valence-corrected chi connectivity index (χ2v) is 6.75. The zero-order valence-corrected chi connectivity index (χ0v) is 15.0. The molecule has 3 heteroatoms. The summed E-state index contributed by atoms with van der Waals surface area (Å²) in [4.78, 5) is 0. The second-order valence-electron chi connectivity index (χ2n) is 4.92. The summed E-state index contributed by atoms with van der Waals surface area (Å²) >= 11 is 7.11. The number of benzene rings is 2. The number of nitrogens with one attached hydrogen (secondary N) is 1. The molecule has 0 saturated carbocycles. The van der Waals surface area contributed by atoms with E-state index in [1.807, 2.05) is 7.05 Å². The highest BCUT2D eigenvalue weighted by atomic mass is 79.9. The van der Waals surface area contributed by atoms with Gasteiger partial charge in [-0.2, -0.15) is 0 Å². The molecule has 0 aliphatic rings. The Morgan fingerprint density at radius 1 is 0.950 bits per heavy atom. The Hall–Kier alpha value is -0.640. The van der Waals surface area contributed by atoms with Gasteiger partial charge in [-0.15, -0.1) is 0 Å². The number of hydrogen-bond donors (Lipinski definition) is 1.